The molecule has 2 aromatic rings. The molecule has 0 spiro atoms. The van der Waals surface area contributed by atoms with E-state index in [4.69, 9.17) is 27.7 Å². The first-order valence-corrected chi connectivity index (χ1v) is 6.43. The molecule has 108 valence electrons. The molecule has 1 N–H and O–H groups in total. The van der Waals surface area contributed by atoms with Crippen molar-refractivity contribution >= 4 is 17.6 Å². The second-order valence-corrected chi connectivity index (χ2v) is 4.64. The molecule has 0 aliphatic carbocycles. The van der Waals surface area contributed by atoms with E-state index in [9.17, 15) is 4.79 Å². The van der Waals surface area contributed by atoms with E-state index in [0.717, 1.165) is 0 Å². The summed E-state index contributed by atoms with van der Waals surface area (Å²) >= 11 is 6.06. The van der Waals surface area contributed by atoms with Crippen molar-refractivity contribution in [2.24, 2.45) is 0 Å². The van der Waals surface area contributed by atoms with E-state index < -0.39 is 5.97 Å². The van der Waals surface area contributed by atoms with Gasteiger partial charge in [0.2, 0.25) is 11.7 Å². The number of rotatable bonds is 6. The molecule has 7 heteroatoms. The Kier molecular flexibility index (Phi) is 4.93. The molecule has 2 rings (SSSR count). The summed E-state index contributed by atoms with van der Waals surface area (Å²) in [5, 5.41) is 13.2. The molecule has 0 saturated heterocycles. The van der Waals surface area contributed by atoms with Gasteiger partial charge in [0, 0.05) is 5.56 Å². The molecule has 0 fully saturated rings. The highest BCUT2D eigenvalue weighted by Crippen LogP contribution is 2.24. The Hall–Kier alpha value is -2.36. The third kappa shape index (κ3) is 4.05. The lowest BCUT2D eigenvalue weighted by Crippen LogP contribution is -2.29. The van der Waals surface area contributed by atoms with Gasteiger partial charge in [-0.25, -0.2) is 0 Å². The van der Waals surface area contributed by atoms with Gasteiger partial charge in [0.05, 0.1) is 24.7 Å². The zero-order valence-electron chi connectivity index (χ0n) is 11.0. The van der Waals surface area contributed by atoms with Crippen LogP contribution in [0, 0.1) is 12.3 Å². The van der Waals surface area contributed by atoms with Crippen LogP contribution in [0.15, 0.2) is 28.8 Å². The predicted octanol–water partition coefficient (Wildman–Crippen LogP) is 1.91. The molecule has 0 aliphatic rings. The van der Waals surface area contributed by atoms with Crippen LogP contribution in [0.2, 0.25) is 5.02 Å². The van der Waals surface area contributed by atoms with Gasteiger partial charge in [-0.3, -0.25) is 9.69 Å². The van der Waals surface area contributed by atoms with E-state index in [1.165, 1.54) is 4.90 Å². The minimum atomic E-state index is -0.976. The average Bonchev–Trinajstić information content (AvgIpc) is 2.87. The van der Waals surface area contributed by atoms with Crippen molar-refractivity contribution in [2.45, 2.75) is 6.54 Å². The second kappa shape index (κ2) is 6.88. The van der Waals surface area contributed by atoms with E-state index in [1.807, 2.05) is 6.07 Å². The molecular weight excluding hydrogens is 294 g/mol. The van der Waals surface area contributed by atoms with Crippen LogP contribution < -0.4 is 0 Å². The van der Waals surface area contributed by atoms with Crippen LogP contribution in [0.5, 0.6) is 0 Å². The van der Waals surface area contributed by atoms with Crippen LogP contribution in [0.25, 0.3) is 11.4 Å². The fourth-order valence-corrected chi connectivity index (χ4v) is 1.97. The van der Waals surface area contributed by atoms with Crippen LogP contribution in [0.1, 0.15) is 5.89 Å². The fraction of sp³-hybridized carbons (Fsp3) is 0.214. The van der Waals surface area contributed by atoms with E-state index in [1.54, 1.807) is 18.2 Å². The van der Waals surface area contributed by atoms with Crippen molar-refractivity contribution in [3.05, 3.63) is 35.2 Å². The SMILES string of the molecule is C#CCN(CC(=O)O)Cc1nc(-c2ccccc2Cl)no1. The molecule has 1 heterocycles. The number of carboxylic acid groups (broad SMARTS) is 1. The van der Waals surface area contributed by atoms with Crippen LogP contribution in [0.3, 0.4) is 0 Å². The zero-order valence-corrected chi connectivity index (χ0v) is 11.7. The monoisotopic (exact) mass is 305 g/mol. The normalized spacial score (nSPS) is 10.5. The van der Waals surface area contributed by atoms with Crippen molar-refractivity contribution in [3.8, 4) is 23.7 Å². The summed E-state index contributed by atoms with van der Waals surface area (Å²) in [6.45, 7) is 0.137. The average molecular weight is 306 g/mol. The maximum Gasteiger partial charge on any atom is 0.317 e. The highest BCUT2D eigenvalue weighted by molar-refractivity contribution is 6.33. The summed E-state index contributed by atoms with van der Waals surface area (Å²) in [6.07, 6.45) is 5.21. The molecular formula is C14H12ClN3O3. The number of hydrogen-bond donors (Lipinski definition) is 1. The van der Waals surface area contributed by atoms with Gasteiger partial charge < -0.3 is 9.63 Å². The molecule has 0 radical (unpaired) electrons. The number of carbonyl (C=O) groups is 1. The van der Waals surface area contributed by atoms with E-state index in [0.29, 0.717) is 16.4 Å². The van der Waals surface area contributed by atoms with Gasteiger partial charge >= 0.3 is 5.97 Å². The van der Waals surface area contributed by atoms with Crippen LogP contribution in [0.4, 0.5) is 0 Å². The fourth-order valence-electron chi connectivity index (χ4n) is 1.75. The largest absolute Gasteiger partial charge is 0.480 e. The first-order chi connectivity index (χ1) is 10.1. The summed E-state index contributed by atoms with van der Waals surface area (Å²) in [5.41, 5.74) is 0.649. The highest BCUT2D eigenvalue weighted by atomic mass is 35.5. The number of aromatic nitrogens is 2. The first kappa shape index (κ1) is 15.0. The Morgan fingerprint density at radius 2 is 2.24 bits per heavy atom. The van der Waals surface area contributed by atoms with Crippen molar-refractivity contribution in [2.75, 3.05) is 13.1 Å². The summed E-state index contributed by atoms with van der Waals surface area (Å²) in [6, 6.07) is 7.11. The summed E-state index contributed by atoms with van der Waals surface area (Å²) in [7, 11) is 0. The number of terminal acetylenes is 1. The maximum absolute atomic E-state index is 10.8. The van der Waals surface area contributed by atoms with Gasteiger partial charge in [-0.05, 0) is 12.1 Å². The van der Waals surface area contributed by atoms with Gasteiger partial charge in [0.15, 0.2) is 0 Å². The van der Waals surface area contributed by atoms with Crippen molar-refractivity contribution < 1.29 is 14.4 Å². The number of hydrogen-bond acceptors (Lipinski definition) is 5. The number of halogens is 1. The zero-order chi connectivity index (χ0) is 15.2. The minimum Gasteiger partial charge on any atom is -0.480 e. The lowest BCUT2D eigenvalue weighted by atomic mass is 10.2. The van der Waals surface area contributed by atoms with Gasteiger partial charge in [0.1, 0.15) is 0 Å². The van der Waals surface area contributed by atoms with Crippen molar-refractivity contribution in [1.82, 2.24) is 15.0 Å². The number of aliphatic carboxylic acids is 1. The lowest BCUT2D eigenvalue weighted by molar-refractivity contribution is -0.138. The quantitative estimate of drug-likeness (QED) is 0.821. The van der Waals surface area contributed by atoms with Gasteiger partial charge in [-0.15, -0.1) is 6.42 Å². The molecule has 0 bridgehead atoms. The third-order valence-electron chi connectivity index (χ3n) is 2.62. The maximum atomic E-state index is 10.8. The molecule has 1 aromatic carbocycles. The molecule has 0 atom stereocenters. The standard InChI is InChI=1S/C14H12ClN3O3/c1-2-7-18(9-13(19)20)8-12-16-14(17-21-12)10-5-3-4-6-11(10)15/h1,3-6H,7-9H2,(H,19,20). The molecule has 0 unspecified atom stereocenters. The van der Waals surface area contributed by atoms with E-state index >= 15 is 0 Å². The Morgan fingerprint density at radius 1 is 1.48 bits per heavy atom. The van der Waals surface area contributed by atoms with E-state index in [-0.39, 0.29) is 25.5 Å². The number of benzene rings is 1. The van der Waals surface area contributed by atoms with Gasteiger partial charge in [-0.1, -0.05) is 34.8 Å². The first-order valence-electron chi connectivity index (χ1n) is 6.05. The smallest absolute Gasteiger partial charge is 0.317 e. The Labute approximate surface area is 126 Å². The van der Waals surface area contributed by atoms with Crippen LogP contribution in [-0.2, 0) is 11.3 Å². The molecule has 1 aromatic heterocycles. The van der Waals surface area contributed by atoms with Crippen LogP contribution in [-0.4, -0.2) is 39.2 Å². The summed E-state index contributed by atoms with van der Waals surface area (Å²) < 4.78 is 5.11. The molecule has 6 nitrogen and oxygen atoms in total. The van der Waals surface area contributed by atoms with E-state index in [2.05, 4.69) is 16.1 Å². The highest BCUT2D eigenvalue weighted by Gasteiger charge is 2.15. The summed E-state index contributed by atoms with van der Waals surface area (Å²) in [5.74, 6) is 2.05. The Morgan fingerprint density at radius 3 is 2.90 bits per heavy atom. The molecule has 0 aliphatic heterocycles. The topological polar surface area (TPSA) is 79.5 Å². The van der Waals surface area contributed by atoms with Crippen molar-refractivity contribution in [3.63, 3.8) is 0 Å². The summed E-state index contributed by atoms with van der Waals surface area (Å²) in [4.78, 5) is 16.5. The molecule has 0 saturated carbocycles. The Balaban J connectivity index is 2.14. The second-order valence-electron chi connectivity index (χ2n) is 4.23. The van der Waals surface area contributed by atoms with Crippen LogP contribution >= 0.6 is 11.6 Å². The predicted molar refractivity (Wildman–Crippen MR) is 76.5 cm³/mol. The van der Waals surface area contributed by atoms with Gasteiger partial charge in [0.25, 0.3) is 0 Å². The Bertz CT molecular complexity index is 678. The van der Waals surface area contributed by atoms with Gasteiger partial charge in [-0.2, -0.15) is 4.98 Å². The number of nitrogens with zero attached hydrogens (tertiary/aromatic N) is 3. The number of carboxylic acids is 1. The lowest BCUT2D eigenvalue weighted by Gasteiger charge is -2.13. The molecule has 0 amide bonds. The minimum absolute atomic E-state index is 0.161. The van der Waals surface area contributed by atoms with Crippen molar-refractivity contribution in [1.29, 1.82) is 0 Å². The third-order valence-corrected chi connectivity index (χ3v) is 2.95. The molecule has 21 heavy (non-hydrogen) atoms.